The van der Waals surface area contributed by atoms with Crippen molar-refractivity contribution >= 4 is 10.0 Å². The normalized spacial score (nSPS) is 11.7. The molecule has 0 saturated heterocycles. The van der Waals surface area contributed by atoms with Crippen LogP contribution >= 0.6 is 0 Å². The predicted molar refractivity (Wildman–Crippen MR) is 81.1 cm³/mol. The third kappa shape index (κ3) is 3.90. The third-order valence-corrected chi connectivity index (χ3v) is 4.59. The SMILES string of the molecule is CCc1ccccc1CNS(=O)(=O)c1cnn(CCN)c1. The number of nitrogens with one attached hydrogen (secondary N) is 1. The van der Waals surface area contributed by atoms with E-state index < -0.39 is 10.0 Å². The number of benzene rings is 1. The van der Waals surface area contributed by atoms with Crippen LogP contribution in [0.15, 0.2) is 41.6 Å². The van der Waals surface area contributed by atoms with Gasteiger partial charge in [0.05, 0.1) is 12.7 Å². The largest absolute Gasteiger partial charge is 0.329 e. The molecule has 1 aromatic carbocycles. The molecule has 7 heteroatoms. The Morgan fingerprint density at radius 3 is 2.67 bits per heavy atom. The highest BCUT2D eigenvalue weighted by Crippen LogP contribution is 2.12. The van der Waals surface area contributed by atoms with Crippen LogP contribution in [-0.4, -0.2) is 24.7 Å². The fourth-order valence-corrected chi connectivity index (χ4v) is 3.03. The topological polar surface area (TPSA) is 90.0 Å². The zero-order valence-corrected chi connectivity index (χ0v) is 12.8. The number of hydrogen-bond acceptors (Lipinski definition) is 4. The molecule has 0 radical (unpaired) electrons. The van der Waals surface area contributed by atoms with Crippen LogP contribution in [0.2, 0.25) is 0 Å². The molecule has 2 rings (SSSR count). The first-order valence-corrected chi connectivity index (χ1v) is 8.34. The van der Waals surface area contributed by atoms with E-state index in [4.69, 9.17) is 5.73 Å². The fourth-order valence-electron chi connectivity index (χ4n) is 2.07. The van der Waals surface area contributed by atoms with Gasteiger partial charge in [-0.05, 0) is 17.5 Å². The van der Waals surface area contributed by atoms with Crippen molar-refractivity contribution in [2.75, 3.05) is 6.54 Å². The van der Waals surface area contributed by atoms with Gasteiger partial charge in [0.15, 0.2) is 0 Å². The van der Waals surface area contributed by atoms with Gasteiger partial charge in [-0.3, -0.25) is 4.68 Å². The molecule has 0 aliphatic rings. The highest BCUT2D eigenvalue weighted by Gasteiger charge is 2.16. The molecule has 0 saturated carbocycles. The quantitative estimate of drug-likeness (QED) is 0.794. The van der Waals surface area contributed by atoms with Crippen LogP contribution in [0.4, 0.5) is 0 Å². The van der Waals surface area contributed by atoms with E-state index in [1.54, 1.807) is 0 Å². The Hall–Kier alpha value is -1.70. The van der Waals surface area contributed by atoms with Crippen LogP contribution in [0.5, 0.6) is 0 Å². The number of nitrogens with zero attached hydrogens (tertiary/aromatic N) is 2. The van der Waals surface area contributed by atoms with E-state index in [0.29, 0.717) is 13.1 Å². The molecule has 114 valence electrons. The highest BCUT2D eigenvalue weighted by molar-refractivity contribution is 7.89. The fraction of sp³-hybridized carbons (Fsp3) is 0.357. The van der Waals surface area contributed by atoms with Crippen LogP contribution in [0.25, 0.3) is 0 Å². The van der Waals surface area contributed by atoms with E-state index >= 15 is 0 Å². The van der Waals surface area contributed by atoms with E-state index in [-0.39, 0.29) is 11.4 Å². The number of aromatic nitrogens is 2. The van der Waals surface area contributed by atoms with Crippen LogP contribution < -0.4 is 10.5 Å². The number of sulfonamides is 1. The average molecular weight is 308 g/mol. The van der Waals surface area contributed by atoms with E-state index in [1.165, 1.54) is 17.1 Å². The van der Waals surface area contributed by atoms with Gasteiger partial charge in [-0.2, -0.15) is 5.10 Å². The Morgan fingerprint density at radius 2 is 2.00 bits per heavy atom. The van der Waals surface area contributed by atoms with Gasteiger partial charge in [0.2, 0.25) is 10.0 Å². The van der Waals surface area contributed by atoms with Gasteiger partial charge < -0.3 is 5.73 Å². The minimum Gasteiger partial charge on any atom is -0.329 e. The summed E-state index contributed by atoms with van der Waals surface area (Å²) < 4.78 is 28.6. The molecule has 21 heavy (non-hydrogen) atoms. The predicted octanol–water partition coefficient (Wildman–Crippen LogP) is 0.883. The number of rotatable bonds is 7. The standard InChI is InChI=1S/C14H20N4O2S/c1-2-12-5-3-4-6-13(12)9-17-21(19,20)14-10-16-18(11-14)8-7-15/h3-6,10-11,17H,2,7-9,15H2,1H3. The van der Waals surface area contributed by atoms with Gasteiger partial charge in [0.25, 0.3) is 0 Å². The van der Waals surface area contributed by atoms with Crippen molar-refractivity contribution in [1.82, 2.24) is 14.5 Å². The lowest BCUT2D eigenvalue weighted by Gasteiger charge is -2.09. The summed E-state index contributed by atoms with van der Waals surface area (Å²) in [7, 11) is -3.56. The van der Waals surface area contributed by atoms with Crippen molar-refractivity contribution in [3.63, 3.8) is 0 Å². The number of nitrogens with two attached hydrogens (primary N) is 1. The van der Waals surface area contributed by atoms with Gasteiger partial charge in [-0.15, -0.1) is 0 Å². The van der Waals surface area contributed by atoms with Gasteiger partial charge in [0.1, 0.15) is 4.90 Å². The van der Waals surface area contributed by atoms with Crippen molar-refractivity contribution in [3.8, 4) is 0 Å². The summed E-state index contributed by atoms with van der Waals surface area (Å²) in [5.41, 5.74) is 7.54. The van der Waals surface area contributed by atoms with Crippen molar-refractivity contribution < 1.29 is 8.42 Å². The Balaban J connectivity index is 2.10. The van der Waals surface area contributed by atoms with Crippen LogP contribution in [0.3, 0.4) is 0 Å². The van der Waals surface area contributed by atoms with Crippen molar-refractivity contribution in [3.05, 3.63) is 47.8 Å². The van der Waals surface area contributed by atoms with E-state index in [0.717, 1.165) is 17.5 Å². The summed E-state index contributed by atoms with van der Waals surface area (Å²) in [6.45, 7) is 3.23. The Morgan fingerprint density at radius 1 is 1.29 bits per heavy atom. The van der Waals surface area contributed by atoms with Crippen LogP contribution in [0, 0.1) is 0 Å². The van der Waals surface area contributed by atoms with Gasteiger partial charge in [-0.25, -0.2) is 13.1 Å². The molecule has 0 amide bonds. The Bertz CT molecular complexity index is 695. The zero-order valence-electron chi connectivity index (χ0n) is 12.0. The molecule has 0 spiro atoms. The molecule has 0 atom stereocenters. The monoisotopic (exact) mass is 308 g/mol. The molecule has 0 bridgehead atoms. The first-order chi connectivity index (χ1) is 10.1. The van der Waals surface area contributed by atoms with Gasteiger partial charge >= 0.3 is 0 Å². The van der Waals surface area contributed by atoms with Crippen molar-refractivity contribution in [2.24, 2.45) is 5.73 Å². The minimum absolute atomic E-state index is 0.157. The second-order valence-corrected chi connectivity index (χ2v) is 6.44. The highest BCUT2D eigenvalue weighted by atomic mass is 32.2. The summed E-state index contributed by atoms with van der Waals surface area (Å²) in [4.78, 5) is 0.157. The Labute approximate surface area is 125 Å². The number of aryl methyl sites for hydroxylation is 1. The lowest BCUT2D eigenvalue weighted by Crippen LogP contribution is -2.23. The van der Waals surface area contributed by atoms with Gasteiger partial charge in [0, 0.05) is 19.3 Å². The van der Waals surface area contributed by atoms with E-state index in [1.807, 2.05) is 31.2 Å². The van der Waals surface area contributed by atoms with Crippen molar-refractivity contribution in [2.45, 2.75) is 31.3 Å². The summed E-state index contributed by atoms with van der Waals surface area (Å²) in [5.74, 6) is 0. The maximum atomic E-state index is 12.2. The summed E-state index contributed by atoms with van der Waals surface area (Å²) in [6, 6.07) is 7.79. The molecule has 0 unspecified atom stereocenters. The lowest BCUT2D eigenvalue weighted by atomic mass is 10.1. The summed E-state index contributed by atoms with van der Waals surface area (Å²) in [6.07, 6.45) is 3.69. The first-order valence-electron chi connectivity index (χ1n) is 6.85. The molecule has 1 aromatic heterocycles. The molecule has 0 aliphatic heterocycles. The maximum absolute atomic E-state index is 12.2. The first kappa shape index (κ1) is 15.7. The van der Waals surface area contributed by atoms with E-state index in [2.05, 4.69) is 9.82 Å². The summed E-state index contributed by atoms with van der Waals surface area (Å²) in [5, 5.41) is 3.98. The maximum Gasteiger partial charge on any atom is 0.243 e. The van der Waals surface area contributed by atoms with Crippen LogP contribution in [-0.2, 0) is 29.5 Å². The molecule has 3 N–H and O–H groups in total. The molecule has 0 aliphatic carbocycles. The lowest BCUT2D eigenvalue weighted by molar-refractivity contribution is 0.580. The van der Waals surface area contributed by atoms with E-state index in [9.17, 15) is 8.42 Å². The number of hydrogen-bond donors (Lipinski definition) is 2. The molecule has 2 aromatic rings. The van der Waals surface area contributed by atoms with Gasteiger partial charge in [-0.1, -0.05) is 31.2 Å². The van der Waals surface area contributed by atoms with Crippen molar-refractivity contribution in [1.29, 1.82) is 0 Å². The molecule has 1 heterocycles. The molecular formula is C14H20N4O2S. The summed E-state index contributed by atoms with van der Waals surface area (Å²) >= 11 is 0. The second kappa shape index (κ2) is 6.84. The molecule has 6 nitrogen and oxygen atoms in total. The minimum atomic E-state index is -3.56. The average Bonchev–Trinajstić information content (AvgIpc) is 2.95. The second-order valence-electron chi connectivity index (χ2n) is 4.67. The Kier molecular flexibility index (Phi) is 5.11. The molecular weight excluding hydrogens is 288 g/mol. The third-order valence-electron chi connectivity index (χ3n) is 3.23. The molecule has 0 fully saturated rings. The van der Waals surface area contributed by atoms with Crippen LogP contribution in [0.1, 0.15) is 18.1 Å². The zero-order chi connectivity index (χ0) is 15.3. The smallest absolute Gasteiger partial charge is 0.243 e.